The number of carbonyl (C=O) groups is 2. The second kappa shape index (κ2) is 11.5. The smallest absolute Gasteiger partial charge is 0.312 e. The Morgan fingerprint density at radius 2 is 1.79 bits per heavy atom. The van der Waals surface area contributed by atoms with Crippen LogP contribution in [0.1, 0.15) is 36.7 Å². The molecule has 0 aliphatic heterocycles. The number of esters is 1. The van der Waals surface area contributed by atoms with Crippen molar-refractivity contribution < 1.29 is 23.8 Å². The number of aryl methyl sites for hydroxylation is 1. The summed E-state index contributed by atoms with van der Waals surface area (Å²) in [6, 6.07) is 13.4. The van der Waals surface area contributed by atoms with Gasteiger partial charge in [-0.1, -0.05) is 31.2 Å². The molecule has 2 aromatic carbocycles. The molecule has 0 aliphatic carbocycles. The number of ether oxygens (including phenoxy) is 3. The average Bonchev–Trinajstić information content (AvgIpc) is 3.30. The monoisotopic (exact) mass is 468 g/mol. The number of rotatable bonds is 10. The number of hydrogen-bond donors (Lipinski definition) is 1. The van der Waals surface area contributed by atoms with Crippen LogP contribution in [-0.2, 0) is 27.2 Å². The van der Waals surface area contributed by atoms with Crippen LogP contribution in [0.5, 0.6) is 11.5 Å². The van der Waals surface area contributed by atoms with E-state index in [-0.39, 0.29) is 25.0 Å². The molecule has 3 rings (SSSR count). The van der Waals surface area contributed by atoms with E-state index in [0.29, 0.717) is 17.2 Å². The maximum atomic E-state index is 12.2. The molecule has 33 heavy (non-hydrogen) atoms. The molecule has 7 nitrogen and oxygen atoms in total. The van der Waals surface area contributed by atoms with Crippen molar-refractivity contribution in [2.75, 3.05) is 20.8 Å². The summed E-state index contributed by atoms with van der Waals surface area (Å²) in [5.41, 5.74) is 3.68. The van der Waals surface area contributed by atoms with Crippen LogP contribution in [0.2, 0.25) is 0 Å². The molecule has 1 atom stereocenters. The predicted molar refractivity (Wildman–Crippen MR) is 128 cm³/mol. The van der Waals surface area contributed by atoms with Gasteiger partial charge in [0.25, 0.3) is 5.91 Å². The molecule has 1 N–H and O–H groups in total. The molecule has 1 aromatic heterocycles. The Morgan fingerprint density at radius 1 is 1.06 bits per heavy atom. The zero-order valence-corrected chi connectivity index (χ0v) is 20.0. The molecule has 0 spiro atoms. The minimum absolute atomic E-state index is 0.00883. The van der Waals surface area contributed by atoms with E-state index >= 15 is 0 Å². The van der Waals surface area contributed by atoms with Crippen LogP contribution < -0.4 is 14.8 Å². The number of nitrogens with one attached hydrogen (secondary N) is 1. The number of carbonyl (C=O) groups excluding carboxylic acids is 2. The summed E-state index contributed by atoms with van der Waals surface area (Å²) in [6.45, 7) is 3.66. The molecule has 0 fully saturated rings. The number of methoxy groups -OCH3 is 2. The van der Waals surface area contributed by atoms with Gasteiger partial charge in [0.1, 0.15) is 5.01 Å². The van der Waals surface area contributed by atoms with Crippen molar-refractivity contribution in [3.05, 3.63) is 64.7 Å². The SMILES string of the molecule is CCc1ccc(C(C)NC(=O)COC(=O)Cc2csc(-c3ccc(OC)c(OC)c3)n2)cc1. The van der Waals surface area contributed by atoms with Gasteiger partial charge in [0, 0.05) is 10.9 Å². The van der Waals surface area contributed by atoms with E-state index in [1.54, 1.807) is 25.7 Å². The minimum Gasteiger partial charge on any atom is -0.493 e. The van der Waals surface area contributed by atoms with Crippen LogP contribution in [0.25, 0.3) is 10.6 Å². The van der Waals surface area contributed by atoms with Crippen molar-refractivity contribution in [3.63, 3.8) is 0 Å². The highest BCUT2D eigenvalue weighted by Gasteiger charge is 2.15. The first kappa shape index (κ1) is 24.3. The fourth-order valence-electron chi connectivity index (χ4n) is 3.24. The number of benzene rings is 2. The third kappa shape index (κ3) is 6.55. The van der Waals surface area contributed by atoms with Gasteiger partial charge in [-0.15, -0.1) is 11.3 Å². The predicted octanol–water partition coefficient (Wildman–Crippen LogP) is 4.35. The highest BCUT2D eigenvalue weighted by atomic mass is 32.1. The summed E-state index contributed by atoms with van der Waals surface area (Å²) in [5, 5.41) is 5.40. The van der Waals surface area contributed by atoms with Crippen LogP contribution in [0.15, 0.2) is 47.8 Å². The Labute approximate surface area is 197 Å². The summed E-state index contributed by atoms with van der Waals surface area (Å²) in [4.78, 5) is 28.9. The summed E-state index contributed by atoms with van der Waals surface area (Å²) in [5.74, 6) is 0.383. The van der Waals surface area contributed by atoms with Crippen LogP contribution in [0, 0.1) is 0 Å². The van der Waals surface area contributed by atoms with Crippen LogP contribution in [-0.4, -0.2) is 37.7 Å². The van der Waals surface area contributed by atoms with E-state index in [0.717, 1.165) is 22.6 Å². The lowest BCUT2D eigenvalue weighted by atomic mass is 10.1. The zero-order valence-electron chi connectivity index (χ0n) is 19.2. The Balaban J connectivity index is 1.50. The lowest BCUT2D eigenvalue weighted by Gasteiger charge is -2.14. The molecule has 0 saturated heterocycles. The summed E-state index contributed by atoms with van der Waals surface area (Å²) in [7, 11) is 3.15. The van der Waals surface area contributed by atoms with Crippen molar-refractivity contribution in [3.8, 4) is 22.1 Å². The third-order valence-electron chi connectivity index (χ3n) is 5.14. The second-order valence-electron chi connectivity index (χ2n) is 7.44. The number of nitrogens with zero attached hydrogens (tertiary/aromatic N) is 1. The van der Waals surface area contributed by atoms with Gasteiger partial charge >= 0.3 is 5.97 Å². The Hall–Kier alpha value is -3.39. The molecule has 8 heteroatoms. The molecule has 0 saturated carbocycles. The minimum atomic E-state index is -0.505. The third-order valence-corrected chi connectivity index (χ3v) is 6.08. The van der Waals surface area contributed by atoms with E-state index < -0.39 is 5.97 Å². The summed E-state index contributed by atoms with van der Waals surface area (Å²) in [6.07, 6.45) is 0.955. The summed E-state index contributed by atoms with van der Waals surface area (Å²) < 4.78 is 15.7. The number of thiazole rings is 1. The topological polar surface area (TPSA) is 86.8 Å². The van der Waals surface area contributed by atoms with Crippen LogP contribution in [0.4, 0.5) is 0 Å². The van der Waals surface area contributed by atoms with Crippen molar-refractivity contribution in [2.24, 2.45) is 0 Å². The highest BCUT2D eigenvalue weighted by Crippen LogP contribution is 2.33. The first-order chi connectivity index (χ1) is 15.9. The number of hydrogen-bond acceptors (Lipinski definition) is 7. The molecule has 1 heterocycles. The summed E-state index contributed by atoms with van der Waals surface area (Å²) >= 11 is 1.42. The van der Waals surface area contributed by atoms with Gasteiger partial charge in [-0.05, 0) is 42.7 Å². The van der Waals surface area contributed by atoms with Gasteiger partial charge < -0.3 is 19.5 Å². The Morgan fingerprint density at radius 3 is 2.45 bits per heavy atom. The molecule has 0 bridgehead atoms. The molecule has 0 aliphatic rings. The molecule has 0 radical (unpaired) electrons. The molecule has 174 valence electrons. The lowest BCUT2D eigenvalue weighted by Crippen LogP contribution is -2.31. The van der Waals surface area contributed by atoms with E-state index in [4.69, 9.17) is 14.2 Å². The molecular formula is C25H28N2O5S. The Kier molecular flexibility index (Phi) is 8.43. The van der Waals surface area contributed by atoms with Gasteiger partial charge in [0.15, 0.2) is 18.1 Å². The number of amides is 1. The molecular weight excluding hydrogens is 440 g/mol. The quantitative estimate of drug-likeness (QED) is 0.445. The van der Waals surface area contributed by atoms with Gasteiger partial charge in [0.2, 0.25) is 0 Å². The fourth-order valence-corrected chi connectivity index (χ4v) is 4.06. The molecule has 3 aromatic rings. The standard InChI is InChI=1S/C25H28N2O5S/c1-5-17-6-8-18(9-7-17)16(2)26-23(28)14-32-24(29)13-20-15-33-25(27-20)19-10-11-21(30-3)22(12-19)31-4/h6-12,15-16H,5,13-14H2,1-4H3,(H,26,28). The van der Waals surface area contributed by atoms with Gasteiger partial charge in [0.05, 0.1) is 32.4 Å². The van der Waals surface area contributed by atoms with Gasteiger partial charge in [-0.25, -0.2) is 4.98 Å². The van der Waals surface area contributed by atoms with Crippen molar-refractivity contribution >= 4 is 23.2 Å². The number of aromatic nitrogens is 1. The van der Waals surface area contributed by atoms with Gasteiger partial charge in [-0.3, -0.25) is 9.59 Å². The van der Waals surface area contributed by atoms with E-state index in [9.17, 15) is 9.59 Å². The van der Waals surface area contributed by atoms with E-state index in [2.05, 4.69) is 17.2 Å². The van der Waals surface area contributed by atoms with Crippen molar-refractivity contribution in [2.45, 2.75) is 32.7 Å². The molecule has 1 unspecified atom stereocenters. The highest BCUT2D eigenvalue weighted by molar-refractivity contribution is 7.13. The van der Waals surface area contributed by atoms with E-state index in [1.807, 2.05) is 43.3 Å². The zero-order chi connectivity index (χ0) is 23.8. The average molecular weight is 469 g/mol. The van der Waals surface area contributed by atoms with E-state index in [1.165, 1.54) is 16.9 Å². The fraction of sp³-hybridized carbons (Fsp3) is 0.320. The first-order valence-electron chi connectivity index (χ1n) is 10.6. The Bertz CT molecular complexity index is 1090. The van der Waals surface area contributed by atoms with Crippen LogP contribution >= 0.6 is 11.3 Å². The van der Waals surface area contributed by atoms with Crippen LogP contribution in [0.3, 0.4) is 0 Å². The second-order valence-corrected chi connectivity index (χ2v) is 8.29. The van der Waals surface area contributed by atoms with Gasteiger partial charge in [-0.2, -0.15) is 0 Å². The first-order valence-corrected chi connectivity index (χ1v) is 11.5. The lowest BCUT2D eigenvalue weighted by molar-refractivity contribution is -0.148. The maximum Gasteiger partial charge on any atom is 0.312 e. The maximum absolute atomic E-state index is 12.2. The molecule has 1 amide bonds. The largest absolute Gasteiger partial charge is 0.493 e. The van der Waals surface area contributed by atoms with Crippen molar-refractivity contribution in [1.82, 2.24) is 10.3 Å². The normalized spacial score (nSPS) is 11.5. The van der Waals surface area contributed by atoms with Crippen molar-refractivity contribution in [1.29, 1.82) is 0 Å².